The molecule has 4 aliphatic heterocycles. The lowest BCUT2D eigenvalue weighted by Crippen LogP contribution is -2.62. The highest BCUT2D eigenvalue weighted by Crippen LogP contribution is 2.70. The summed E-state index contributed by atoms with van der Waals surface area (Å²) in [5, 5.41) is 55.4. The summed E-state index contributed by atoms with van der Waals surface area (Å²) >= 11 is 0. The number of aliphatic hydroxyl groups excluding tert-OH is 4. The van der Waals surface area contributed by atoms with Gasteiger partial charge in [0.25, 0.3) is 0 Å². The molecule has 0 unspecified atom stereocenters. The smallest absolute Gasteiger partial charge is 0.331 e. The van der Waals surface area contributed by atoms with E-state index in [1.807, 2.05) is 6.92 Å². The standard InChI is InChI=1S/C43H66O15/c1-20-38(49)29(45)15-35(52-20)57-40-22(3)54-36(17-31(40)47)58-39-21(2)53-34(16-30(39)46)56-26-9-11-41(5)25(14-26)7-8-28-27(41)10-12-42(6)37(24-13-33(48)51-19-24)32(55-23(4)44)18-43(28,42)50/h13,20-22,25-32,34-40,45-47,49-50H,7-12,14-19H2,1-6H3/t20-,21-,22-,25-,26-,27-,28-,29+,30+,31+,32-,34+,35-,36-,37+,38-,39-,40-,41+,42-,43+/m1/s1. The molecule has 8 aliphatic rings. The normalized spacial score (nSPS) is 53.2. The zero-order valence-corrected chi connectivity index (χ0v) is 34.8. The number of cyclic esters (lactones) is 1. The van der Waals surface area contributed by atoms with Crippen LogP contribution in [-0.4, -0.2) is 136 Å². The Bertz CT molecular complexity index is 1520. The summed E-state index contributed by atoms with van der Waals surface area (Å²) in [6, 6.07) is 0. The van der Waals surface area contributed by atoms with E-state index in [1.54, 1.807) is 13.8 Å². The Hall–Kier alpha value is -1.76. The van der Waals surface area contributed by atoms with Crippen molar-refractivity contribution in [3.05, 3.63) is 11.6 Å². The maximum Gasteiger partial charge on any atom is 0.331 e. The van der Waals surface area contributed by atoms with Gasteiger partial charge in [0.1, 0.15) is 31.0 Å². The Morgan fingerprint density at radius 3 is 1.93 bits per heavy atom. The molecule has 15 heteroatoms. The summed E-state index contributed by atoms with van der Waals surface area (Å²) < 4.78 is 48.1. The highest BCUT2D eigenvalue weighted by molar-refractivity contribution is 5.85. The molecule has 0 aromatic heterocycles. The van der Waals surface area contributed by atoms with Gasteiger partial charge in [-0.05, 0) is 94.5 Å². The van der Waals surface area contributed by atoms with Crippen molar-refractivity contribution in [1.29, 1.82) is 0 Å². The second-order valence-corrected chi connectivity index (χ2v) is 19.5. The Morgan fingerprint density at radius 1 is 0.759 bits per heavy atom. The van der Waals surface area contributed by atoms with E-state index in [-0.39, 0.29) is 61.2 Å². The molecule has 58 heavy (non-hydrogen) atoms. The average Bonchev–Trinajstić information content (AvgIpc) is 3.66. The van der Waals surface area contributed by atoms with Gasteiger partial charge in [-0.15, -0.1) is 0 Å². The van der Waals surface area contributed by atoms with Crippen LogP contribution in [0.1, 0.15) is 112 Å². The SMILES string of the molecule is CC(=O)O[C@@H]1C[C@]2(O)[C@@H]3CC[C@@H]4C[C@H](O[C@H]5C[C@H](O)[C@H](O[C@@H]6C[C@H](O)[C@H](O[C@@H]7C[C@H](O)[C@H](O)[C@@H](C)O7)[C@@H](C)O6)[C@@H](C)O5)CC[C@]4(C)[C@@H]3CC[C@]2(C)[C@H]1C1=CC(=O)OC1. The molecule has 0 amide bonds. The fourth-order valence-corrected chi connectivity index (χ4v) is 13.2. The van der Waals surface area contributed by atoms with Crippen molar-refractivity contribution in [2.75, 3.05) is 6.61 Å². The Balaban J connectivity index is 0.848. The largest absolute Gasteiger partial charge is 0.462 e. The van der Waals surface area contributed by atoms with Crippen molar-refractivity contribution in [1.82, 2.24) is 0 Å². The average molecular weight is 823 g/mol. The summed E-state index contributed by atoms with van der Waals surface area (Å²) in [5.74, 6) is -0.330. The molecule has 21 atom stereocenters. The predicted molar refractivity (Wildman–Crippen MR) is 202 cm³/mol. The summed E-state index contributed by atoms with van der Waals surface area (Å²) in [5.41, 5.74) is -0.805. The second-order valence-electron chi connectivity index (χ2n) is 19.5. The number of fused-ring (bicyclic) bond motifs is 5. The number of hydrogen-bond donors (Lipinski definition) is 5. The van der Waals surface area contributed by atoms with Crippen molar-refractivity contribution in [2.24, 2.45) is 34.5 Å². The van der Waals surface area contributed by atoms with E-state index >= 15 is 0 Å². The van der Waals surface area contributed by atoms with Crippen LogP contribution in [0.4, 0.5) is 0 Å². The molecule has 0 aromatic carbocycles. The van der Waals surface area contributed by atoms with Crippen LogP contribution in [0.5, 0.6) is 0 Å². The Kier molecular flexibility index (Phi) is 12.0. The molecule has 4 saturated carbocycles. The predicted octanol–water partition coefficient (Wildman–Crippen LogP) is 2.79. The summed E-state index contributed by atoms with van der Waals surface area (Å²) in [6.45, 7) is 11.3. The van der Waals surface area contributed by atoms with E-state index in [9.17, 15) is 35.1 Å². The third-order valence-electron chi connectivity index (χ3n) is 16.1. The molecule has 0 bridgehead atoms. The molecule has 0 aromatic rings. The first-order valence-electron chi connectivity index (χ1n) is 21.8. The lowest BCUT2D eigenvalue weighted by molar-refractivity contribution is -0.336. The van der Waals surface area contributed by atoms with Crippen LogP contribution in [0.25, 0.3) is 0 Å². The monoisotopic (exact) mass is 822 g/mol. The first-order valence-corrected chi connectivity index (χ1v) is 21.8. The minimum absolute atomic E-state index is 0.00291. The molecule has 3 saturated heterocycles. The quantitative estimate of drug-likeness (QED) is 0.176. The van der Waals surface area contributed by atoms with Gasteiger partial charge in [0.05, 0.1) is 48.3 Å². The van der Waals surface area contributed by atoms with Gasteiger partial charge in [0.2, 0.25) is 0 Å². The van der Waals surface area contributed by atoms with Crippen molar-refractivity contribution >= 4 is 11.9 Å². The fourth-order valence-electron chi connectivity index (χ4n) is 13.2. The first-order chi connectivity index (χ1) is 27.4. The molecule has 7 fully saturated rings. The van der Waals surface area contributed by atoms with E-state index in [0.717, 1.165) is 50.5 Å². The van der Waals surface area contributed by atoms with E-state index in [2.05, 4.69) is 13.8 Å². The molecular weight excluding hydrogens is 756 g/mol. The fraction of sp³-hybridized carbons (Fsp3) is 0.907. The van der Waals surface area contributed by atoms with Crippen LogP contribution in [0, 0.1) is 34.5 Å². The third-order valence-corrected chi connectivity index (χ3v) is 16.1. The van der Waals surface area contributed by atoms with Crippen molar-refractivity contribution in [3.63, 3.8) is 0 Å². The van der Waals surface area contributed by atoms with Gasteiger partial charge in [-0.25, -0.2) is 4.79 Å². The summed E-state index contributed by atoms with van der Waals surface area (Å²) in [4.78, 5) is 24.4. The van der Waals surface area contributed by atoms with Gasteiger partial charge >= 0.3 is 11.9 Å². The number of carbonyl (C=O) groups is 2. The van der Waals surface area contributed by atoms with Crippen LogP contribution in [-0.2, 0) is 47.5 Å². The van der Waals surface area contributed by atoms with Gasteiger partial charge in [-0.1, -0.05) is 13.8 Å². The first kappa shape index (κ1) is 42.9. The number of esters is 2. The van der Waals surface area contributed by atoms with Crippen LogP contribution < -0.4 is 0 Å². The maximum atomic E-state index is 12.8. The highest BCUT2D eigenvalue weighted by Gasteiger charge is 2.71. The maximum absolute atomic E-state index is 12.8. The van der Waals surface area contributed by atoms with Crippen molar-refractivity contribution in [3.8, 4) is 0 Å². The third kappa shape index (κ3) is 7.60. The zero-order valence-electron chi connectivity index (χ0n) is 34.8. The minimum Gasteiger partial charge on any atom is -0.462 e. The van der Waals surface area contributed by atoms with E-state index < -0.39 is 90.9 Å². The van der Waals surface area contributed by atoms with Crippen LogP contribution in [0.2, 0.25) is 0 Å². The summed E-state index contributed by atoms with van der Waals surface area (Å²) in [6.07, 6.45) is -1.36. The van der Waals surface area contributed by atoms with Crippen LogP contribution >= 0.6 is 0 Å². The van der Waals surface area contributed by atoms with E-state index in [0.29, 0.717) is 18.3 Å². The molecule has 4 aliphatic carbocycles. The van der Waals surface area contributed by atoms with Crippen molar-refractivity contribution < 1.29 is 73.0 Å². The Morgan fingerprint density at radius 2 is 1.36 bits per heavy atom. The lowest BCUT2D eigenvalue weighted by Gasteiger charge is -2.63. The molecule has 0 radical (unpaired) electrons. The van der Waals surface area contributed by atoms with Gasteiger partial charge in [-0.3, -0.25) is 4.79 Å². The molecule has 15 nitrogen and oxygen atoms in total. The van der Waals surface area contributed by atoms with Gasteiger partial charge < -0.3 is 63.4 Å². The Labute approximate surface area is 341 Å². The van der Waals surface area contributed by atoms with Gasteiger partial charge in [0.15, 0.2) is 18.9 Å². The molecule has 8 rings (SSSR count). The lowest BCUT2D eigenvalue weighted by atomic mass is 9.43. The summed E-state index contributed by atoms with van der Waals surface area (Å²) in [7, 11) is 0. The molecule has 5 N–H and O–H groups in total. The minimum atomic E-state index is -1.05. The molecule has 328 valence electrons. The highest BCUT2D eigenvalue weighted by atomic mass is 16.7. The topological polar surface area (TPSA) is 209 Å². The van der Waals surface area contributed by atoms with Crippen molar-refractivity contribution in [2.45, 2.75) is 204 Å². The van der Waals surface area contributed by atoms with Gasteiger partial charge in [0, 0.05) is 50.0 Å². The molecule has 0 spiro atoms. The van der Waals surface area contributed by atoms with Gasteiger partial charge in [-0.2, -0.15) is 0 Å². The number of rotatable bonds is 8. The number of ether oxygens (including phenoxy) is 8. The number of hydrogen-bond acceptors (Lipinski definition) is 15. The van der Waals surface area contributed by atoms with Crippen LogP contribution in [0.15, 0.2) is 11.6 Å². The zero-order chi connectivity index (χ0) is 41.5. The number of carbonyl (C=O) groups excluding carboxylic acids is 2. The van der Waals surface area contributed by atoms with Crippen LogP contribution in [0.3, 0.4) is 0 Å². The second kappa shape index (κ2) is 16.2. The number of aliphatic hydroxyl groups is 5. The van der Waals surface area contributed by atoms with E-state index in [4.69, 9.17) is 37.9 Å². The molecule has 4 heterocycles. The molecular formula is C43H66O15. The van der Waals surface area contributed by atoms with E-state index in [1.165, 1.54) is 13.0 Å².